The third-order valence-corrected chi connectivity index (χ3v) is 4.57. The fourth-order valence-corrected chi connectivity index (χ4v) is 3.63. The number of ether oxygens (including phenoxy) is 1. The number of hydrogen-bond donors (Lipinski definition) is 1. The smallest absolute Gasteiger partial charge is 0.138 e. The van der Waals surface area contributed by atoms with Crippen molar-refractivity contribution in [2.24, 2.45) is 0 Å². The fourth-order valence-electron chi connectivity index (χ4n) is 1.89. The molecule has 2 aromatic rings. The summed E-state index contributed by atoms with van der Waals surface area (Å²) >= 11 is 5.30. The average molecular weight is 341 g/mol. The van der Waals surface area contributed by atoms with Gasteiger partial charge in [0.05, 0.1) is 18.3 Å². The van der Waals surface area contributed by atoms with Gasteiger partial charge in [-0.05, 0) is 59.9 Å². The van der Waals surface area contributed by atoms with E-state index in [4.69, 9.17) is 4.74 Å². The van der Waals surface area contributed by atoms with Gasteiger partial charge in [0.15, 0.2) is 0 Å². The van der Waals surface area contributed by atoms with Crippen LogP contribution in [-0.4, -0.2) is 18.1 Å². The molecule has 2 rings (SSSR count). The van der Waals surface area contributed by atoms with Crippen LogP contribution in [0.15, 0.2) is 34.4 Å². The van der Waals surface area contributed by atoms with Crippen LogP contribution in [-0.2, 0) is 0 Å². The van der Waals surface area contributed by atoms with Crippen LogP contribution >= 0.6 is 27.3 Å². The molecule has 102 valence electrons. The van der Waals surface area contributed by atoms with Gasteiger partial charge in [0.1, 0.15) is 5.75 Å². The molecule has 0 fully saturated rings. The number of aromatic nitrogens is 1. The van der Waals surface area contributed by atoms with E-state index in [1.807, 2.05) is 33.2 Å². The first kappa shape index (κ1) is 14.5. The van der Waals surface area contributed by atoms with Crippen molar-refractivity contribution in [3.8, 4) is 5.75 Å². The number of pyridine rings is 1. The molecule has 0 aliphatic rings. The highest BCUT2D eigenvalue weighted by Gasteiger charge is 2.17. The molecule has 2 aromatic heterocycles. The second kappa shape index (κ2) is 6.50. The summed E-state index contributed by atoms with van der Waals surface area (Å²) in [6.45, 7) is 4.02. The van der Waals surface area contributed by atoms with Crippen molar-refractivity contribution in [2.45, 2.75) is 26.0 Å². The lowest BCUT2D eigenvalue weighted by Gasteiger charge is -2.17. The van der Waals surface area contributed by atoms with Crippen molar-refractivity contribution in [1.82, 2.24) is 10.3 Å². The minimum atomic E-state index is 0.123. The van der Waals surface area contributed by atoms with Gasteiger partial charge in [0.25, 0.3) is 0 Å². The zero-order valence-corrected chi connectivity index (χ0v) is 13.6. The highest BCUT2D eigenvalue weighted by atomic mass is 79.9. The molecule has 0 saturated carbocycles. The van der Waals surface area contributed by atoms with Crippen molar-refractivity contribution in [3.05, 3.63) is 44.8 Å². The van der Waals surface area contributed by atoms with Gasteiger partial charge in [-0.2, -0.15) is 0 Å². The van der Waals surface area contributed by atoms with Gasteiger partial charge < -0.3 is 10.1 Å². The topological polar surface area (TPSA) is 34.2 Å². The molecule has 0 saturated heterocycles. The van der Waals surface area contributed by atoms with Crippen molar-refractivity contribution in [2.75, 3.05) is 7.05 Å². The number of nitrogens with one attached hydrogen (secondary N) is 1. The van der Waals surface area contributed by atoms with Crippen LogP contribution < -0.4 is 10.1 Å². The summed E-state index contributed by atoms with van der Waals surface area (Å²) in [5.41, 5.74) is 1.10. The summed E-state index contributed by atoms with van der Waals surface area (Å²) in [6.07, 6.45) is 3.78. The molecule has 0 aromatic carbocycles. The van der Waals surface area contributed by atoms with Crippen LogP contribution in [0.3, 0.4) is 0 Å². The Labute approximate surface area is 126 Å². The van der Waals surface area contributed by atoms with E-state index in [0.717, 1.165) is 15.8 Å². The average Bonchev–Trinajstić information content (AvgIpc) is 2.77. The maximum absolute atomic E-state index is 5.70. The predicted molar refractivity (Wildman–Crippen MR) is 82.9 cm³/mol. The first-order valence-corrected chi connectivity index (χ1v) is 7.81. The molecule has 1 N–H and O–H groups in total. The molecule has 3 nitrogen and oxygen atoms in total. The minimum absolute atomic E-state index is 0.123. The van der Waals surface area contributed by atoms with E-state index in [0.29, 0.717) is 0 Å². The maximum Gasteiger partial charge on any atom is 0.138 e. The van der Waals surface area contributed by atoms with Crippen molar-refractivity contribution >= 4 is 27.3 Å². The largest absolute Gasteiger partial charge is 0.489 e. The zero-order chi connectivity index (χ0) is 13.8. The number of thiophene rings is 1. The SMILES string of the molecule is CNC(c1cncc(OC(C)C)c1)c1sccc1Br. The van der Waals surface area contributed by atoms with Crippen LogP contribution in [0, 0.1) is 0 Å². The Balaban J connectivity index is 2.31. The van der Waals surface area contributed by atoms with E-state index >= 15 is 0 Å². The second-order valence-electron chi connectivity index (χ2n) is 4.48. The Bertz CT molecular complexity index is 542. The lowest BCUT2D eigenvalue weighted by molar-refractivity contribution is 0.241. The lowest BCUT2D eigenvalue weighted by Crippen LogP contribution is -2.17. The van der Waals surface area contributed by atoms with Crippen LogP contribution in [0.25, 0.3) is 0 Å². The summed E-state index contributed by atoms with van der Waals surface area (Å²) in [4.78, 5) is 5.51. The summed E-state index contributed by atoms with van der Waals surface area (Å²) in [5, 5.41) is 5.40. The summed E-state index contributed by atoms with van der Waals surface area (Å²) in [6, 6.07) is 4.23. The van der Waals surface area contributed by atoms with Gasteiger partial charge >= 0.3 is 0 Å². The Hall–Kier alpha value is -0.910. The first-order chi connectivity index (χ1) is 9.11. The van der Waals surface area contributed by atoms with Crippen molar-refractivity contribution < 1.29 is 4.74 Å². The Morgan fingerprint density at radius 3 is 2.74 bits per heavy atom. The van der Waals surface area contributed by atoms with Crippen molar-refractivity contribution in [3.63, 3.8) is 0 Å². The highest BCUT2D eigenvalue weighted by Crippen LogP contribution is 2.33. The number of nitrogens with zero attached hydrogens (tertiary/aromatic N) is 1. The van der Waals surface area contributed by atoms with Crippen molar-refractivity contribution in [1.29, 1.82) is 0 Å². The van der Waals surface area contributed by atoms with Crippen LogP contribution in [0.2, 0.25) is 0 Å². The number of rotatable bonds is 5. The molecule has 5 heteroatoms. The van der Waals surface area contributed by atoms with Gasteiger partial charge in [0, 0.05) is 15.5 Å². The molecule has 0 aliphatic carbocycles. The third kappa shape index (κ3) is 3.55. The van der Waals surface area contributed by atoms with E-state index in [1.165, 1.54) is 4.88 Å². The zero-order valence-electron chi connectivity index (χ0n) is 11.2. The maximum atomic E-state index is 5.70. The summed E-state index contributed by atoms with van der Waals surface area (Å²) < 4.78 is 6.82. The molecule has 0 aliphatic heterocycles. The summed E-state index contributed by atoms with van der Waals surface area (Å²) in [5.74, 6) is 0.806. The molecule has 0 spiro atoms. The van der Waals surface area contributed by atoms with Gasteiger partial charge in [-0.25, -0.2) is 0 Å². The van der Waals surface area contributed by atoms with E-state index in [2.05, 4.69) is 37.7 Å². The summed E-state index contributed by atoms with van der Waals surface area (Å²) in [7, 11) is 1.95. The molecule has 0 bridgehead atoms. The van der Waals surface area contributed by atoms with E-state index < -0.39 is 0 Å². The molecule has 1 unspecified atom stereocenters. The molecule has 1 atom stereocenters. The normalized spacial score (nSPS) is 12.7. The van der Waals surface area contributed by atoms with Gasteiger partial charge in [0.2, 0.25) is 0 Å². The van der Waals surface area contributed by atoms with Crippen LogP contribution in [0.4, 0.5) is 0 Å². The fraction of sp³-hybridized carbons (Fsp3) is 0.357. The Morgan fingerprint density at radius 2 is 2.16 bits per heavy atom. The monoisotopic (exact) mass is 340 g/mol. The molecule has 0 amide bonds. The molecule has 0 radical (unpaired) electrons. The second-order valence-corrected chi connectivity index (χ2v) is 6.28. The van der Waals surface area contributed by atoms with Crippen LogP contribution in [0.5, 0.6) is 5.75 Å². The number of hydrogen-bond acceptors (Lipinski definition) is 4. The highest BCUT2D eigenvalue weighted by molar-refractivity contribution is 9.10. The lowest BCUT2D eigenvalue weighted by atomic mass is 10.1. The molecular weight excluding hydrogens is 324 g/mol. The predicted octanol–water partition coefficient (Wildman–Crippen LogP) is 4.00. The minimum Gasteiger partial charge on any atom is -0.489 e. The molecule has 2 heterocycles. The molecule has 19 heavy (non-hydrogen) atoms. The quantitative estimate of drug-likeness (QED) is 0.893. The third-order valence-electron chi connectivity index (χ3n) is 2.64. The first-order valence-electron chi connectivity index (χ1n) is 6.13. The van der Waals surface area contributed by atoms with Crippen LogP contribution in [0.1, 0.15) is 30.3 Å². The van der Waals surface area contributed by atoms with Gasteiger partial charge in [-0.1, -0.05) is 0 Å². The Morgan fingerprint density at radius 1 is 1.37 bits per heavy atom. The molecular formula is C14H17BrN2OS. The van der Waals surface area contributed by atoms with E-state index in [-0.39, 0.29) is 12.1 Å². The Kier molecular flexibility index (Phi) is 4.96. The standard InChI is InChI=1S/C14H17BrN2OS/c1-9(2)18-11-6-10(7-17-8-11)13(16-3)14-12(15)4-5-19-14/h4-9,13,16H,1-3H3. The van der Waals surface area contributed by atoms with E-state index in [1.54, 1.807) is 17.5 Å². The van der Waals surface area contributed by atoms with Gasteiger partial charge in [-0.3, -0.25) is 4.98 Å². The number of halogens is 1. The van der Waals surface area contributed by atoms with Gasteiger partial charge in [-0.15, -0.1) is 11.3 Å². The van der Waals surface area contributed by atoms with E-state index in [9.17, 15) is 0 Å².